The van der Waals surface area contributed by atoms with Gasteiger partial charge in [0.05, 0.1) is 17.4 Å². The fraction of sp³-hybridized carbons (Fsp3) is 0.571. The standard InChI is InChI=1S/C14H19N3O/c1-15-12-8-16-7-6-11(12)14(18)17-13(9-2-3-9)10-4-5-10/h6-10,13,15H,2-5H2,1H3,(H,17,18). The van der Waals surface area contributed by atoms with Crippen LogP contribution >= 0.6 is 0 Å². The Morgan fingerprint density at radius 3 is 2.56 bits per heavy atom. The van der Waals surface area contributed by atoms with Gasteiger partial charge >= 0.3 is 0 Å². The lowest BCUT2D eigenvalue weighted by molar-refractivity contribution is 0.0927. The van der Waals surface area contributed by atoms with E-state index in [0.29, 0.717) is 11.6 Å². The first-order valence-corrected chi connectivity index (χ1v) is 6.72. The molecule has 0 atom stereocenters. The van der Waals surface area contributed by atoms with Gasteiger partial charge in [0.15, 0.2) is 0 Å². The van der Waals surface area contributed by atoms with Crippen molar-refractivity contribution in [2.45, 2.75) is 31.7 Å². The maximum absolute atomic E-state index is 12.3. The molecule has 4 nitrogen and oxygen atoms in total. The molecule has 2 N–H and O–H groups in total. The fourth-order valence-corrected chi connectivity index (χ4v) is 2.55. The minimum Gasteiger partial charge on any atom is -0.386 e. The molecule has 0 spiro atoms. The Morgan fingerprint density at radius 1 is 1.33 bits per heavy atom. The molecule has 0 saturated heterocycles. The van der Waals surface area contributed by atoms with Gasteiger partial charge < -0.3 is 10.6 Å². The Morgan fingerprint density at radius 2 is 2.00 bits per heavy atom. The van der Waals surface area contributed by atoms with E-state index in [1.54, 1.807) is 18.5 Å². The molecule has 2 fully saturated rings. The number of carbonyl (C=O) groups is 1. The van der Waals surface area contributed by atoms with E-state index in [0.717, 1.165) is 17.5 Å². The van der Waals surface area contributed by atoms with Crippen molar-refractivity contribution in [2.75, 3.05) is 12.4 Å². The zero-order valence-corrected chi connectivity index (χ0v) is 10.6. The van der Waals surface area contributed by atoms with Gasteiger partial charge in [-0.15, -0.1) is 0 Å². The second-order valence-electron chi connectivity index (χ2n) is 5.35. The predicted octanol–water partition coefficient (Wildman–Crippen LogP) is 2.04. The van der Waals surface area contributed by atoms with E-state index in [9.17, 15) is 4.79 Å². The minimum atomic E-state index is 0.0329. The van der Waals surface area contributed by atoms with Gasteiger partial charge in [-0.25, -0.2) is 0 Å². The monoisotopic (exact) mass is 245 g/mol. The van der Waals surface area contributed by atoms with Gasteiger partial charge in [0.25, 0.3) is 5.91 Å². The number of nitrogens with zero attached hydrogens (tertiary/aromatic N) is 1. The number of carbonyl (C=O) groups excluding carboxylic acids is 1. The van der Waals surface area contributed by atoms with Gasteiger partial charge in [0, 0.05) is 19.3 Å². The molecule has 0 aromatic carbocycles. The van der Waals surface area contributed by atoms with Crippen LogP contribution in [-0.2, 0) is 0 Å². The van der Waals surface area contributed by atoms with E-state index < -0.39 is 0 Å². The smallest absolute Gasteiger partial charge is 0.253 e. The van der Waals surface area contributed by atoms with E-state index in [-0.39, 0.29) is 5.91 Å². The third-order valence-electron chi connectivity index (χ3n) is 3.89. The van der Waals surface area contributed by atoms with Gasteiger partial charge in [-0.1, -0.05) is 0 Å². The van der Waals surface area contributed by atoms with Crippen LogP contribution in [0.15, 0.2) is 18.5 Å². The quantitative estimate of drug-likeness (QED) is 0.834. The first kappa shape index (κ1) is 11.5. The van der Waals surface area contributed by atoms with Crippen molar-refractivity contribution >= 4 is 11.6 Å². The third kappa shape index (κ3) is 2.33. The lowest BCUT2D eigenvalue weighted by atomic mass is 10.1. The van der Waals surface area contributed by atoms with Gasteiger partial charge in [-0.2, -0.15) is 0 Å². The number of amides is 1. The van der Waals surface area contributed by atoms with Crippen LogP contribution < -0.4 is 10.6 Å². The highest BCUT2D eigenvalue weighted by molar-refractivity contribution is 5.99. The summed E-state index contributed by atoms with van der Waals surface area (Å²) in [7, 11) is 1.81. The molecular weight excluding hydrogens is 226 g/mol. The van der Waals surface area contributed by atoms with Crippen molar-refractivity contribution in [1.29, 1.82) is 0 Å². The molecule has 0 radical (unpaired) electrons. The van der Waals surface area contributed by atoms with Crippen LogP contribution in [0.5, 0.6) is 0 Å². The number of rotatable bonds is 5. The number of aromatic nitrogens is 1. The van der Waals surface area contributed by atoms with Crippen LogP contribution in [0.1, 0.15) is 36.0 Å². The van der Waals surface area contributed by atoms with Gasteiger partial charge in [0.2, 0.25) is 0 Å². The highest BCUT2D eigenvalue weighted by Crippen LogP contribution is 2.44. The average Bonchev–Trinajstić information content (AvgIpc) is 3.29. The number of hydrogen-bond acceptors (Lipinski definition) is 3. The highest BCUT2D eigenvalue weighted by atomic mass is 16.1. The third-order valence-corrected chi connectivity index (χ3v) is 3.89. The van der Waals surface area contributed by atoms with E-state index in [4.69, 9.17) is 0 Å². The molecule has 2 saturated carbocycles. The van der Waals surface area contributed by atoms with Gasteiger partial charge in [-0.05, 0) is 43.6 Å². The molecule has 2 aliphatic rings. The first-order valence-electron chi connectivity index (χ1n) is 6.72. The lowest BCUT2D eigenvalue weighted by Gasteiger charge is -2.18. The van der Waals surface area contributed by atoms with Gasteiger partial charge in [-0.3, -0.25) is 9.78 Å². The Balaban J connectivity index is 1.73. The normalized spacial score (nSPS) is 18.8. The largest absolute Gasteiger partial charge is 0.386 e. The van der Waals surface area contributed by atoms with Crippen LogP contribution in [0, 0.1) is 11.8 Å². The molecule has 0 bridgehead atoms. The maximum Gasteiger partial charge on any atom is 0.253 e. The van der Waals surface area contributed by atoms with Crippen molar-refractivity contribution in [3.63, 3.8) is 0 Å². The summed E-state index contributed by atoms with van der Waals surface area (Å²) in [5, 5.41) is 6.24. The molecule has 4 heteroatoms. The topological polar surface area (TPSA) is 54.0 Å². The van der Waals surface area contributed by atoms with Crippen LogP contribution in [0.25, 0.3) is 0 Å². The predicted molar refractivity (Wildman–Crippen MR) is 70.5 cm³/mol. The van der Waals surface area contributed by atoms with E-state index >= 15 is 0 Å². The second kappa shape index (κ2) is 4.59. The van der Waals surface area contributed by atoms with Gasteiger partial charge in [0.1, 0.15) is 0 Å². The number of nitrogens with one attached hydrogen (secondary N) is 2. The summed E-state index contributed by atoms with van der Waals surface area (Å²) in [4.78, 5) is 16.4. The molecule has 0 unspecified atom stereocenters. The molecule has 3 rings (SSSR count). The molecular formula is C14H19N3O. The van der Waals surface area contributed by atoms with Crippen LogP contribution in [0.4, 0.5) is 5.69 Å². The summed E-state index contributed by atoms with van der Waals surface area (Å²) in [5.41, 5.74) is 1.49. The van der Waals surface area contributed by atoms with E-state index in [1.807, 2.05) is 7.05 Å². The van der Waals surface area contributed by atoms with Crippen LogP contribution in [0.2, 0.25) is 0 Å². The zero-order chi connectivity index (χ0) is 12.5. The van der Waals surface area contributed by atoms with Crippen molar-refractivity contribution in [3.8, 4) is 0 Å². The van der Waals surface area contributed by atoms with Crippen LogP contribution in [-0.4, -0.2) is 24.0 Å². The zero-order valence-electron chi connectivity index (χ0n) is 10.6. The molecule has 0 aliphatic heterocycles. The Labute approximate surface area is 107 Å². The number of anilines is 1. The second-order valence-corrected chi connectivity index (χ2v) is 5.35. The molecule has 1 aromatic rings. The molecule has 96 valence electrons. The summed E-state index contributed by atoms with van der Waals surface area (Å²) in [5.74, 6) is 1.48. The fourth-order valence-electron chi connectivity index (χ4n) is 2.55. The minimum absolute atomic E-state index is 0.0329. The van der Waals surface area contributed by atoms with Crippen molar-refractivity contribution < 1.29 is 4.79 Å². The molecule has 1 amide bonds. The summed E-state index contributed by atoms with van der Waals surface area (Å²) in [6.07, 6.45) is 8.46. The summed E-state index contributed by atoms with van der Waals surface area (Å²) >= 11 is 0. The number of hydrogen-bond donors (Lipinski definition) is 2. The average molecular weight is 245 g/mol. The summed E-state index contributed by atoms with van der Waals surface area (Å²) in [6.45, 7) is 0. The number of pyridine rings is 1. The maximum atomic E-state index is 12.3. The molecule has 1 heterocycles. The first-order chi connectivity index (χ1) is 8.79. The van der Waals surface area contributed by atoms with Crippen molar-refractivity contribution in [3.05, 3.63) is 24.0 Å². The lowest BCUT2D eigenvalue weighted by Crippen LogP contribution is -2.38. The van der Waals surface area contributed by atoms with Crippen LogP contribution in [0.3, 0.4) is 0 Å². The Kier molecular flexibility index (Phi) is 2.94. The van der Waals surface area contributed by atoms with E-state index in [1.165, 1.54) is 25.7 Å². The SMILES string of the molecule is CNc1cnccc1C(=O)NC(C1CC1)C1CC1. The summed E-state index contributed by atoms with van der Waals surface area (Å²) in [6, 6.07) is 2.17. The Hall–Kier alpha value is -1.58. The summed E-state index contributed by atoms with van der Waals surface area (Å²) < 4.78 is 0. The molecule has 18 heavy (non-hydrogen) atoms. The van der Waals surface area contributed by atoms with E-state index in [2.05, 4.69) is 15.6 Å². The van der Waals surface area contributed by atoms with Crippen molar-refractivity contribution in [2.24, 2.45) is 11.8 Å². The Bertz CT molecular complexity index is 440. The molecule has 1 aromatic heterocycles. The van der Waals surface area contributed by atoms with Crippen molar-refractivity contribution in [1.82, 2.24) is 10.3 Å². The molecule has 2 aliphatic carbocycles. The highest BCUT2D eigenvalue weighted by Gasteiger charge is 2.42.